The highest BCUT2D eigenvalue weighted by Crippen LogP contribution is 1.98. The third-order valence-corrected chi connectivity index (χ3v) is 0.560. The van der Waals surface area contributed by atoms with E-state index in [1.807, 2.05) is 0 Å². The first-order valence-corrected chi connectivity index (χ1v) is 1.89. The van der Waals surface area contributed by atoms with Crippen LogP contribution in [0.15, 0.2) is 11.5 Å². The van der Waals surface area contributed by atoms with Gasteiger partial charge < -0.3 is 5.11 Å². The summed E-state index contributed by atoms with van der Waals surface area (Å²) < 4.78 is 0. The van der Waals surface area contributed by atoms with E-state index in [0.717, 1.165) is 0 Å². The summed E-state index contributed by atoms with van der Waals surface area (Å²) in [6.45, 7) is 7.58. The van der Waals surface area contributed by atoms with Crippen LogP contribution < -0.4 is 0 Å². The molecule has 0 fully saturated rings. The van der Waals surface area contributed by atoms with Crippen molar-refractivity contribution in [2.24, 2.45) is 0 Å². The number of hydrogen-bond acceptors (Lipinski definition) is 2. The predicted molar refractivity (Wildman–Crippen MR) is 27.5 cm³/mol. The molecule has 0 aromatic carbocycles. The van der Waals surface area contributed by atoms with E-state index in [0.29, 0.717) is 0 Å². The molecule has 0 heterocycles. The van der Waals surface area contributed by atoms with Crippen molar-refractivity contribution in [3.8, 4) is 6.07 Å². The van der Waals surface area contributed by atoms with Gasteiger partial charge in [0.15, 0.2) is 0 Å². The largest absolute Gasteiger partial charge is 0.523 e. The summed E-state index contributed by atoms with van der Waals surface area (Å²) in [5.41, 5.74) is -0.245. The second-order valence-electron chi connectivity index (χ2n) is 1.16. The molecule has 0 spiro atoms. The van der Waals surface area contributed by atoms with Crippen LogP contribution in [0.1, 0.15) is 6.92 Å². The van der Waals surface area contributed by atoms with E-state index in [4.69, 9.17) is 16.9 Å². The van der Waals surface area contributed by atoms with Crippen LogP contribution in [-0.2, 0) is 0 Å². The molecule has 0 radical (unpaired) electrons. The first kappa shape index (κ1) is 6.52. The molecule has 0 rings (SSSR count). The maximum atomic E-state index is 8.46. The van der Waals surface area contributed by atoms with E-state index in [2.05, 4.69) is 4.85 Å². The van der Waals surface area contributed by atoms with Gasteiger partial charge in [0.2, 0.25) is 0 Å². The number of nitriles is 1. The van der Waals surface area contributed by atoms with Crippen LogP contribution in [0.25, 0.3) is 4.85 Å². The zero-order chi connectivity index (χ0) is 6.57. The minimum atomic E-state index is -0.245. The lowest BCUT2D eigenvalue weighted by molar-refractivity contribution is 0.411. The van der Waals surface area contributed by atoms with E-state index in [1.165, 1.54) is 13.0 Å². The van der Waals surface area contributed by atoms with Gasteiger partial charge in [-0.1, -0.05) is 0 Å². The van der Waals surface area contributed by atoms with E-state index < -0.39 is 0 Å². The van der Waals surface area contributed by atoms with Crippen LogP contribution in [0.5, 0.6) is 0 Å². The summed E-state index contributed by atoms with van der Waals surface area (Å²) >= 11 is 0. The minimum Gasteiger partial charge on any atom is -0.523 e. The molecule has 0 aliphatic carbocycles. The van der Waals surface area contributed by atoms with Gasteiger partial charge in [-0.15, -0.1) is 0 Å². The Bertz CT molecular complexity index is 171. The van der Waals surface area contributed by atoms with Gasteiger partial charge in [-0.25, -0.2) is 10.1 Å². The summed E-state index contributed by atoms with van der Waals surface area (Å²) in [4.78, 5) is 2.72. The van der Waals surface area contributed by atoms with Crippen molar-refractivity contribution in [3.63, 3.8) is 0 Å². The summed E-state index contributed by atoms with van der Waals surface area (Å²) in [5, 5.41) is 16.5. The second-order valence-corrected chi connectivity index (χ2v) is 1.16. The van der Waals surface area contributed by atoms with Crippen molar-refractivity contribution in [3.05, 3.63) is 22.9 Å². The van der Waals surface area contributed by atoms with E-state index in [-0.39, 0.29) is 11.5 Å². The number of allylic oxidation sites excluding steroid dienone is 2. The first-order valence-electron chi connectivity index (χ1n) is 1.89. The van der Waals surface area contributed by atoms with Gasteiger partial charge in [0.1, 0.15) is 5.76 Å². The lowest BCUT2D eigenvalue weighted by atomic mass is 10.4. The number of hydrogen-bond donors (Lipinski definition) is 1. The van der Waals surface area contributed by atoms with Crippen molar-refractivity contribution < 1.29 is 5.11 Å². The topological polar surface area (TPSA) is 48.4 Å². The fourth-order valence-electron chi connectivity index (χ4n) is 0.187. The van der Waals surface area contributed by atoms with Crippen LogP contribution in [0, 0.1) is 17.9 Å². The molecule has 40 valence electrons. The zero-order valence-electron chi connectivity index (χ0n) is 4.34. The Morgan fingerprint density at radius 3 is 2.38 bits per heavy atom. The van der Waals surface area contributed by atoms with Gasteiger partial charge in [0.25, 0.3) is 5.70 Å². The molecular weight excluding hydrogens is 104 g/mol. The molecule has 0 atom stereocenters. The molecule has 0 aliphatic rings. The predicted octanol–water partition coefficient (Wildman–Crippen LogP) is 1.22. The molecule has 3 heteroatoms. The maximum absolute atomic E-state index is 8.46. The highest BCUT2D eigenvalue weighted by Gasteiger charge is 1.94. The summed E-state index contributed by atoms with van der Waals surface area (Å²) in [7, 11) is 0. The SMILES string of the molecule is [C-]#[N+]/C(C#N)=C(\C)O. The van der Waals surface area contributed by atoms with E-state index in [1.54, 1.807) is 0 Å². The fourth-order valence-corrected chi connectivity index (χ4v) is 0.187. The molecule has 0 bridgehead atoms. The first-order chi connectivity index (χ1) is 3.72. The molecule has 8 heavy (non-hydrogen) atoms. The van der Waals surface area contributed by atoms with Crippen LogP contribution >= 0.6 is 0 Å². The van der Waals surface area contributed by atoms with Crippen molar-refractivity contribution >= 4 is 0 Å². The average Bonchev–Trinajstić information content (AvgIpc) is 1.69. The van der Waals surface area contributed by atoms with Gasteiger partial charge in [0.05, 0.1) is 12.6 Å². The van der Waals surface area contributed by atoms with Crippen molar-refractivity contribution in [1.29, 1.82) is 5.26 Å². The standard InChI is InChI=1S/C5H4N2O/c1-4(8)5(3-6)7-2/h8H,1H3/b5-4+. The molecule has 3 nitrogen and oxygen atoms in total. The van der Waals surface area contributed by atoms with E-state index >= 15 is 0 Å². The molecule has 0 aliphatic heterocycles. The molecule has 1 N–H and O–H groups in total. The third kappa shape index (κ3) is 1.32. The lowest BCUT2D eigenvalue weighted by Gasteiger charge is -1.82. The Labute approximate surface area is 47.3 Å². The van der Waals surface area contributed by atoms with Crippen LogP contribution in [0.2, 0.25) is 0 Å². The minimum absolute atomic E-state index is 0.220. The Morgan fingerprint density at radius 1 is 1.88 bits per heavy atom. The van der Waals surface area contributed by atoms with Crippen LogP contribution in [0.4, 0.5) is 0 Å². The van der Waals surface area contributed by atoms with Gasteiger partial charge in [-0.3, -0.25) is 0 Å². The van der Waals surface area contributed by atoms with Gasteiger partial charge in [-0.05, 0) is 6.92 Å². The average molecular weight is 108 g/mol. The monoisotopic (exact) mass is 108 g/mol. The summed E-state index contributed by atoms with van der Waals surface area (Å²) in [6.07, 6.45) is 0. The molecule has 0 saturated heterocycles. The van der Waals surface area contributed by atoms with Crippen molar-refractivity contribution in [1.82, 2.24) is 0 Å². The Morgan fingerprint density at radius 2 is 2.38 bits per heavy atom. The number of aliphatic hydroxyl groups is 1. The smallest absolute Gasteiger partial charge is 0.298 e. The Hall–Kier alpha value is -1.48. The molecule has 0 aromatic heterocycles. The maximum Gasteiger partial charge on any atom is 0.298 e. The third-order valence-electron chi connectivity index (χ3n) is 0.560. The Balaban J connectivity index is 4.47. The number of rotatable bonds is 0. The second kappa shape index (κ2) is 2.65. The molecule has 0 unspecified atom stereocenters. The van der Waals surface area contributed by atoms with Gasteiger partial charge >= 0.3 is 0 Å². The van der Waals surface area contributed by atoms with Crippen molar-refractivity contribution in [2.75, 3.05) is 0 Å². The van der Waals surface area contributed by atoms with Gasteiger partial charge in [-0.2, -0.15) is 0 Å². The van der Waals surface area contributed by atoms with Crippen LogP contribution in [0.3, 0.4) is 0 Å². The summed E-state index contributed by atoms with van der Waals surface area (Å²) in [6, 6.07) is 1.53. The highest BCUT2D eigenvalue weighted by atomic mass is 16.3. The fraction of sp³-hybridized carbons (Fsp3) is 0.200. The quantitative estimate of drug-likeness (QED) is 0.288. The number of aliphatic hydroxyl groups excluding tert-OH is 1. The lowest BCUT2D eigenvalue weighted by Crippen LogP contribution is -1.75. The van der Waals surface area contributed by atoms with Crippen LogP contribution in [-0.4, -0.2) is 5.11 Å². The molecule has 0 amide bonds. The molecule has 0 aromatic rings. The van der Waals surface area contributed by atoms with Gasteiger partial charge in [0, 0.05) is 0 Å². The number of nitrogens with zero attached hydrogens (tertiary/aromatic N) is 2. The Kier molecular flexibility index (Phi) is 2.16. The molecular formula is C5H4N2O. The summed E-state index contributed by atoms with van der Waals surface area (Å²) in [5.74, 6) is -0.220. The normalized spacial score (nSPS) is 10.9. The highest BCUT2D eigenvalue weighted by molar-refractivity contribution is 5.28. The molecule has 0 saturated carbocycles. The zero-order valence-corrected chi connectivity index (χ0v) is 4.34. The van der Waals surface area contributed by atoms with Crippen molar-refractivity contribution in [2.45, 2.75) is 6.92 Å². The van der Waals surface area contributed by atoms with E-state index in [9.17, 15) is 0 Å².